The maximum Gasteiger partial charge on any atom is 0.240 e. The number of hydrogen-bond donors (Lipinski definition) is 1. The third-order valence-electron chi connectivity index (χ3n) is 5.64. The van der Waals surface area contributed by atoms with Gasteiger partial charge >= 0.3 is 0 Å². The van der Waals surface area contributed by atoms with Crippen LogP contribution >= 0.6 is 0 Å². The van der Waals surface area contributed by atoms with Crippen LogP contribution in [-0.2, 0) is 4.79 Å². The summed E-state index contributed by atoms with van der Waals surface area (Å²) in [5.41, 5.74) is 3.50. The highest BCUT2D eigenvalue weighted by molar-refractivity contribution is 5.82. The Morgan fingerprint density at radius 2 is 1.47 bits per heavy atom. The fourth-order valence-corrected chi connectivity index (χ4v) is 3.73. The summed E-state index contributed by atoms with van der Waals surface area (Å²) in [6.45, 7) is 6.38. The van der Waals surface area contributed by atoms with Gasteiger partial charge in [0.1, 0.15) is 12.4 Å². The van der Waals surface area contributed by atoms with E-state index < -0.39 is 0 Å². The monoisotopic (exact) mass is 442 g/mol. The molecule has 1 aromatic rings. The third kappa shape index (κ3) is 16.6. The van der Waals surface area contributed by atoms with E-state index in [0.29, 0.717) is 13.0 Å². The van der Waals surface area contributed by atoms with Crippen LogP contribution in [0, 0.1) is 0 Å². The lowest BCUT2D eigenvalue weighted by Gasteiger charge is -2.04. The van der Waals surface area contributed by atoms with Crippen LogP contribution in [0.4, 0.5) is 0 Å². The predicted molar refractivity (Wildman–Crippen MR) is 137 cm³/mol. The Kier molecular flexibility index (Phi) is 18.1. The first-order valence-corrected chi connectivity index (χ1v) is 12.9. The summed E-state index contributed by atoms with van der Waals surface area (Å²) in [5.74, 6) is 0.744. The van der Waals surface area contributed by atoms with Crippen LogP contribution in [0.25, 0.3) is 0 Å². The number of nitrogens with one attached hydrogen (secondary N) is 1. The van der Waals surface area contributed by atoms with Gasteiger partial charge in [-0.25, -0.2) is 5.43 Å². The normalized spacial score (nSPS) is 11.0. The summed E-state index contributed by atoms with van der Waals surface area (Å²) < 4.78 is 5.49. The van der Waals surface area contributed by atoms with Crippen LogP contribution in [-0.4, -0.2) is 18.7 Å². The van der Waals surface area contributed by atoms with Crippen LogP contribution in [0.15, 0.2) is 42.0 Å². The summed E-state index contributed by atoms with van der Waals surface area (Å²) in [4.78, 5) is 11.9. The molecule has 32 heavy (non-hydrogen) atoms. The lowest BCUT2D eigenvalue weighted by Crippen LogP contribution is -2.16. The molecule has 1 aromatic carbocycles. The molecule has 1 N–H and O–H groups in total. The van der Waals surface area contributed by atoms with Crippen LogP contribution in [0.2, 0.25) is 0 Å². The highest BCUT2D eigenvalue weighted by Gasteiger charge is 2.00. The Morgan fingerprint density at radius 3 is 2.03 bits per heavy atom. The number of carbonyl (C=O) groups is 1. The van der Waals surface area contributed by atoms with Crippen LogP contribution in [0.5, 0.6) is 5.75 Å². The average molecular weight is 443 g/mol. The second kappa shape index (κ2) is 20.8. The lowest BCUT2D eigenvalue weighted by molar-refractivity contribution is -0.121. The maximum atomic E-state index is 11.9. The minimum absolute atomic E-state index is 0.0185. The Bertz CT molecular complexity index is 628. The molecule has 0 aliphatic carbocycles. The molecule has 0 unspecified atom stereocenters. The van der Waals surface area contributed by atoms with E-state index in [1.165, 1.54) is 83.5 Å². The van der Waals surface area contributed by atoms with Gasteiger partial charge in [-0.2, -0.15) is 5.10 Å². The predicted octanol–water partition coefficient (Wildman–Crippen LogP) is 7.96. The smallest absolute Gasteiger partial charge is 0.240 e. The van der Waals surface area contributed by atoms with Crippen LogP contribution in [0.3, 0.4) is 0 Å². The molecule has 4 heteroatoms. The van der Waals surface area contributed by atoms with E-state index in [1.54, 1.807) is 12.3 Å². The van der Waals surface area contributed by atoms with Crippen molar-refractivity contribution in [2.24, 2.45) is 5.10 Å². The molecule has 0 saturated heterocycles. The highest BCUT2D eigenvalue weighted by Crippen LogP contribution is 2.14. The number of unbranched alkanes of at least 4 members (excludes halogenated alkanes) is 14. The largest absolute Gasteiger partial charge is 0.490 e. The first kappa shape index (κ1) is 27.9. The maximum absolute atomic E-state index is 11.9. The molecule has 0 heterocycles. The van der Waals surface area contributed by atoms with E-state index in [-0.39, 0.29) is 5.91 Å². The van der Waals surface area contributed by atoms with Gasteiger partial charge in [-0.15, -0.1) is 0 Å². The van der Waals surface area contributed by atoms with Gasteiger partial charge in [-0.1, -0.05) is 122 Å². The number of hydrogen-bond acceptors (Lipinski definition) is 3. The standard InChI is InChI=1S/C28H46N2O2/c1-3-5-6-7-8-9-10-11-12-13-14-15-16-17-18-22-28(31)30-29-25-26-20-19-21-27(24-26)32-23-4-2/h4,19-21,24-25H,2-3,5-18,22-23H2,1H3,(H,30,31)/b29-25-. The van der Waals surface area contributed by atoms with Crippen LogP contribution < -0.4 is 10.2 Å². The molecule has 0 radical (unpaired) electrons. The summed E-state index contributed by atoms with van der Waals surface area (Å²) in [6.07, 6.45) is 23.8. The zero-order valence-electron chi connectivity index (χ0n) is 20.5. The molecule has 180 valence electrons. The van der Waals surface area contributed by atoms with Gasteiger partial charge in [0.15, 0.2) is 0 Å². The second-order valence-corrected chi connectivity index (χ2v) is 8.67. The van der Waals surface area contributed by atoms with Crippen molar-refractivity contribution in [3.8, 4) is 5.75 Å². The quantitative estimate of drug-likeness (QED) is 0.0908. The summed E-state index contributed by atoms with van der Waals surface area (Å²) in [6, 6.07) is 7.59. The molecule has 1 rings (SSSR count). The SMILES string of the molecule is C=CCOc1cccc(/C=N\NC(=O)CCCCCCCCCCCCCCCCC)c1. The fourth-order valence-electron chi connectivity index (χ4n) is 3.73. The topological polar surface area (TPSA) is 50.7 Å². The third-order valence-corrected chi connectivity index (χ3v) is 5.64. The molecular weight excluding hydrogens is 396 g/mol. The van der Waals surface area contributed by atoms with Gasteiger partial charge in [0.25, 0.3) is 0 Å². The van der Waals surface area contributed by atoms with Crippen molar-refractivity contribution in [2.45, 2.75) is 110 Å². The van der Waals surface area contributed by atoms with Gasteiger partial charge < -0.3 is 4.74 Å². The minimum Gasteiger partial charge on any atom is -0.490 e. The van der Waals surface area contributed by atoms with Gasteiger partial charge in [-0.05, 0) is 24.1 Å². The van der Waals surface area contributed by atoms with Crippen molar-refractivity contribution >= 4 is 12.1 Å². The van der Waals surface area contributed by atoms with Crippen LogP contribution in [0.1, 0.15) is 115 Å². The van der Waals surface area contributed by atoms with Crippen molar-refractivity contribution in [1.82, 2.24) is 5.43 Å². The average Bonchev–Trinajstić information content (AvgIpc) is 2.80. The van der Waals surface area contributed by atoms with Crippen molar-refractivity contribution < 1.29 is 9.53 Å². The molecule has 0 atom stereocenters. The van der Waals surface area contributed by atoms with Gasteiger partial charge in [0.05, 0.1) is 6.21 Å². The van der Waals surface area contributed by atoms with E-state index in [1.807, 2.05) is 24.3 Å². The van der Waals surface area contributed by atoms with Crippen molar-refractivity contribution in [3.63, 3.8) is 0 Å². The lowest BCUT2D eigenvalue weighted by atomic mass is 10.0. The molecule has 0 aliphatic rings. The number of benzene rings is 1. The Balaban J connectivity index is 1.92. The molecule has 0 fully saturated rings. The van der Waals surface area contributed by atoms with Crippen molar-refractivity contribution in [2.75, 3.05) is 6.61 Å². The summed E-state index contributed by atoms with van der Waals surface area (Å²) in [7, 11) is 0. The van der Waals surface area contributed by atoms with E-state index in [0.717, 1.165) is 24.2 Å². The molecule has 0 bridgehead atoms. The first-order chi connectivity index (χ1) is 15.8. The number of nitrogens with zero attached hydrogens (tertiary/aromatic N) is 1. The van der Waals surface area contributed by atoms with Crippen molar-refractivity contribution in [3.05, 3.63) is 42.5 Å². The van der Waals surface area contributed by atoms with E-state index in [9.17, 15) is 4.79 Å². The Labute approximate surface area is 196 Å². The number of carbonyl (C=O) groups excluding carboxylic acids is 1. The van der Waals surface area contributed by atoms with Gasteiger partial charge in [0, 0.05) is 6.42 Å². The Hall–Kier alpha value is -2.10. The molecule has 4 nitrogen and oxygen atoms in total. The van der Waals surface area contributed by atoms with E-state index in [2.05, 4.69) is 24.0 Å². The number of hydrazone groups is 1. The van der Waals surface area contributed by atoms with Gasteiger partial charge in [0.2, 0.25) is 5.91 Å². The molecule has 1 amide bonds. The van der Waals surface area contributed by atoms with E-state index in [4.69, 9.17) is 4.74 Å². The first-order valence-electron chi connectivity index (χ1n) is 12.9. The zero-order valence-corrected chi connectivity index (χ0v) is 20.5. The molecule has 0 aromatic heterocycles. The molecule has 0 saturated carbocycles. The molecule has 0 aliphatic heterocycles. The minimum atomic E-state index is -0.0185. The van der Waals surface area contributed by atoms with Crippen molar-refractivity contribution in [1.29, 1.82) is 0 Å². The van der Waals surface area contributed by atoms with E-state index >= 15 is 0 Å². The van der Waals surface area contributed by atoms with Gasteiger partial charge in [-0.3, -0.25) is 4.79 Å². The Morgan fingerprint density at radius 1 is 0.906 bits per heavy atom. The molecule has 0 spiro atoms. The number of ether oxygens (including phenoxy) is 1. The zero-order chi connectivity index (χ0) is 23.1. The second-order valence-electron chi connectivity index (χ2n) is 8.67. The molecular formula is C28H46N2O2. The number of rotatable bonds is 21. The summed E-state index contributed by atoms with van der Waals surface area (Å²) >= 11 is 0. The number of amides is 1. The summed E-state index contributed by atoms with van der Waals surface area (Å²) in [5, 5.41) is 4.05. The highest BCUT2D eigenvalue weighted by atomic mass is 16.5. The fraction of sp³-hybridized carbons (Fsp3) is 0.643.